The van der Waals surface area contributed by atoms with Crippen molar-refractivity contribution in [3.8, 4) is 0 Å². The molecule has 0 bridgehead atoms. The summed E-state index contributed by atoms with van der Waals surface area (Å²) in [6.45, 7) is 2.96. The summed E-state index contributed by atoms with van der Waals surface area (Å²) in [5.41, 5.74) is 0.355. The van der Waals surface area contributed by atoms with E-state index < -0.39 is 11.2 Å². The molecule has 148 valence electrons. The SMILES string of the molecule is Cn1c(C(=O)N2CCN3[C@@H](COC[C@@H]3c3ccccc3)C2)cc(=O)n(C)c1=O. The van der Waals surface area contributed by atoms with E-state index in [1.807, 2.05) is 18.2 Å². The van der Waals surface area contributed by atoms with Crippen LogP contribution in [0.4, 0.5) is 0 Å². The van der Waals surface area contributed by atoms with E-state index in [1.165, 1.54) is 30.3 Å². The summed E-state index contributed by atoms with van der Waals surface area (Å²) in [5, 5.41) is 0. The van der Waals surface area contributed by atoms with Gasteiger partial charge in [0.25, 0.3) is 11.5 Å². The molecule has 1 aromatic heterocycles. The quantitative estimate of drug-likeness (QED) is 0.728. The van der Waals surface area contributed by atoms with Crippen molar-refractivity contribution < 1.29 is 9.53 Å². The number of ether oxygens (including phenoxy) is 1. The predicted molar refractivity (Wildman–Crippen MR) is 103 cm³/mol. The number of amides is 1. The molecule has 2 fully saturated rings. The second kappa shape index (κ2) is 7.37. The Hall–Kier alpha value is -2.71. The molecule has 2 aliphatic heterocycles. The molecule has 0 radical (unpaired) electrons. The summed E-state index contributed by atoms with van der Waals surface area (Å²) >= 11 is 0. The number of fused-ring (bicyclic) bond motifs is 1. The van der Waals surface area contributed by atoms with Crippen LogP contribution in [0.25, 0.3) is 0 Å². The summed E-state index contributed by atoms with van der Waals surface area (Å²) in [6.07, 6.45) is 0. The van der Waals surface area contributed by atoms with Crippen LogP contribution in [0.1, 0.15) is 22.1 Å². The molecule has 2 aromatic rings. The summed E-state index contributed by atoms with van der Waals surface area (Å²) in [4.78, 5) is 41.3. The van der Waals surface area contributed by atoms with E-state index in [0.717, 1.165) is 11.1 Å². The molecule has 3 heterocycles. The molecular formula is C20H24N4O4. The number of nitrogens with zero attached hydrogens (tertiary/aromatic N) is 4. The molecule has 4 rings (SSSR count). The van der Waals surface area contributed by atoms with Crippen LogP contribution in [0.5, 0.6) is 0 Å². The van der Waals surface area contributed by atoms with Crippen molar-refractivity contribution in [1.29, 1.82) is 0 Å². The van der Waals surface area contributed by atoms with Crippen LogP contribution in [0.2, 0.25) is 0 Å². The van der Waals surface area contributed by atoms with Gasteiger partial charge in [-0.3, -0.25) is 23.6 Å². The first-order valence-corrected chi connectivity index (χ1v) is 9.42. The van der Waals surface area contributed by atoms with Gasteiger partial charge in [0, 0.05) is 39.8 Å². The lowest BCUT2D eigenvalue weighted by Crippen LogP contribution is -2.60. The highest BCUT2D eigenvalue weighted by molar-refractivity contribution is 5.92. The van der Waals surface area contributed by atoms with Gasteiger partial charge in [-0.05, 0) is 5.56 Å². The van der Waals surface area contributed by atoms with Crippen molar-refractivity contribution in [2.75, 3.05) is 32.8 Å². The van der Waals surface area contributed by atoms with Crippen molar-refractivity contribution in [2.24, 2.45) is 14.1 Å². The molecule has 28 heavy (non-hydrogen) atoms. The molecule has 8 nitrogen and oxygen atoms in total. The maximum atomic E-state index is 13.0. The van der Waals surface area contributed by atoms with Gasteiger partial charge in [0.2, 0.25) is 0 Å². The zero-order chi connectivity index (χ0) is 19.8. The zero-order valence-electron chi connectivity index (χ0n) is 16.1. The van der Waals surface area contributed by atoms with Crippen molar-refractivity contribution in [2.45, 2.75) is 12.1 Å². The van der Waals surface area contributed by atoms with Gasteiger partial charge in [0.05, 0.1) is 25.3 Å². The second-order valence-electron chi connectivity index (χ2n) is 7.38. The summed E-state index contributed by atoms with van der Waals surface area (Å²) in [6, 6.07) is 11.7. The van der Waals surface area contributed by atoms with E-state index in [1.54, 1.807) is 4.90 Å². The second-order valence-corrected chi connectivity index (χ2v) is 7.38. The van der Waals surface area contributed by atoms with Crippen molar-refractivity contribution in [3.63, 3.8) is 0 Å². The third-order valence-electron chi connectivity index (χ3n) is 5.73. The largest absolute Gasteiger partial charge is 0.378 e. The van der Waals surface area contributed by atoms with Crippen molar-refractivity contribution in [3.05, 3.63) is 68.5 Å². The van der Waals surface area contributed by atoms with Gasteiger partial charge in [-0.15, -0.1) is 0 Å². The van der Waals surface area contributed by atoms with E-state index in [2.05, 4.69) is 17.0 Å². The van der Waals surface area contributed by atoms with Crippen LogP contribution >= 0.6 is 0 Å². The number of aromatic nitrogens is 2. The van der Waals surface area contributed by atoms with Crippen molar-refractivity contribution >= 4 is 5.91 Å². The molecule has 0 N–H and O–H groups in total. The first kappa shape index (κ1) is 18.6. The number of carbonyl (C=O) groups excluding carboxylic acids is 1. The van der Waals surface area contributed by atoms with Crippen LogP contribution in [0.15, 0.2) is 46.0 Å². The van der Waals surface area contributed by atoms with Gasteiger partial charge >= 0.3 is 5.69 Å². The number of rotatable bonds is 2. The van der Waals surface area contributed by atoms with Crippen LogP contribution in [-0.2, 0) is 18.8 Å². The van der Waals surface area contributed by atoms with E-state index in [0.29, 0.717) is 26.3 Å². The van der Waals surface area contributed by atoms with Crippen LogP contribution in [-0.4, -0.2) is 63.7 Å². The number of morpholine rings is 1. The van der Waals surface area contributed by atoms with Gasteiger partial charge in [-0.2, -0.15) is 0 Å². The number of piperazine rings is 1. The minimum Gasteiger partial charge on any atom is -0.378 e. The first-order chi connectivity index (χ1) is 13.5. The Morgan fingerprint density at radius 3 is 2.54 bits per heavy atom. The van der Waals surface area contributed by atoms with E-state index >= 15 is 0 Å². The predicted octanol–water partition coefficient (Wildman–Crippen LogP) is -0.0181. The number of carbonyl (C=O) groups is 1. The highest BCUT2D eigenvalue weighted by atomic mass is 16.5. The molecule has 2 aliphatic rings. The summed E-state index contributed by atoms with van der Waals surface area (Å²) in [7, 11) is 2.92. The van der Waals surface area contributed by atoms with Crippen LogP contribution in [0.3, 0.4) is 0 Å². The average Bonchev–Trinajstić information content (AvgIpc) is 2.74. The molecule has 2 saturated heterocycles. The van der Waals surface area contributed by atoms with Crippen LogP contribution in [0, 0.1) is 0 Å². The van der Waals surface area contributed by atoms with Gasteiger partial charge in [0.1, 0.15) is 5.69 Å². The number of hydrogen-bond donors (Lipinski definition) is 0. The third-order valence-corrected chi connectivity index (χ3v) is 5.73. The maximum Gasteiger partial charge on any atom is 0.331 e. The normalized spacial score (nSPS) is 22.7. The molecule has 1 aromatic carbocycles. The van der Waals surface area contributed by atoms with E-state index in [9.17, 15) is 14.4 Å². The summed E-state index contributed by atoms with van der Waals surface area (Å²) < 4.78 is 8.06. The first-order valence-electron chi connectivity index (χ1n) is 9.42. The molecule has 2 atom stereocenters. The highest BCUT2D eigenvalue weighted by Crippen LogP contribution is 2.29. The molecule has 8 heteroatoms. The minimum absolute atomic E-state index is 0.0835. The Balaban J connectivity index is 1.55. The van der Waals surface area contributed by atoms with Gasteiger partial charge < -0.3 is 9.64 Å². The van der Waals surface area contributed by atoms with E-state index in [4.69, 9.17) is 4.74 Å². The minimum atomic E-state index is -0.500. The van der Waals surface area contributed by atoms with E-state index in [-0.39, 0.29) is 23.7 Å². The third kappa shape index (κ3) is 3.18. The molecule has 0 spiro atoms. The van der Waals surface area contributed by atoms with Gasteiger partial charge in [0.15, 0.2) is 0 Å². The molecule has 1 amide bonds. The Kier molecular flexibility index (Phi) is 4.91. The lowest BCUT2D eigenvalue weighted by molar-refractivity contribution is -0.0771. The topological polar surface area (TPSA) is 76.8 Å². The fourth-order valence-corrected chi connectivity index (χ4v) is 4.09. The maximum absolute atomic E-state index is 13.0. The lowest BCUT2D eigenvalue weighted by Gasteiger charge is -2.48. The Morgan fingerprint density at radius 1 is 1.04 bits per heavy atom. The smallest absolute Gasteiger partial charge is 0.331 e. The molecule has 0 unspecified atom stereocenters. The average molecular weight is 384 g/mol. The fraction of sp³-hybridized carbons (Fsp3) is 0.450. The fourth-order valence-electron chi connectivity index (χ4n) is 4.09. The van der Waals surface area contributed by atoms with Crippen molar-refractivity contribution in [1.82, 2.24) is 18.9 Å². The Morgan fingerprint density at radius 2 is 1.79 bits per heavy atom. The number of hydrogen-bond acceptors (Lipinski definition) is 5. The Labute approximate surface area is 162 Å². The molecule has 0 aliphatic carbocycles. The van der Waals surface area contributed by atoms with Crippen LogP contribution < -0.4 is 11.2 Å². The highest BCUT2D eigenvalue weighted by Gasteiger charge is 2.38. The van der Waals surface area contributed by atoms with Gasteiger partial charge in [-0.25, -0.2) is 4.79 Å². The Bertz CT molecular complexity index is 998. The number of benzene rings is 1. The standard InChI is InChI=1S/C20H24N4O4/c1-21-16(10-18(25)22(2)20(21)27)19(26)23-8-9-24-15(11-23)12-28-13-17(24)14-6-4-3-5-7-14/h3-7,10,15,17H,8-9,11-13H2,1-2H3/t15-,17-/m1/s1. The van der Waals surface area contributed by atoms with Gasteiger partial charge in [-0.1, -0.05) is 30.3 Å². The summed E-state index contributed by atoms with van der Waals surface area (Å²) in [5.74, 6) is -0.293. The molecule has 0 saturated carbocycles. The molecular weight excluding hydrogens is 360 g/mol. The zero-order valence-corrected chi connectivity index (χ0v) is 16.1. The lowest BCUT2D eigenvalue weighted by atomic mass is 10.00. The monoisotopic (exact) mass is 384 g/mol.